The molecule has 0 spiro atoms. The molecule has 2 N–H and O–H groups in total. The molecule has 1 saturated carbocycles. The largest absolute Gasteiger partial charge is 0.352 e. The van der Waals surface area contributed by atoms with Crippen molar-refractivity contribution in [1.82, 2.24) is 10.6 Å². The third-order valence-corrected chi connectivity index (χ3v) is 9.56. The minimum Gasteiger partial charge on any atom is -0.352 e. The van der Waals surface area contributed by atoms with Crippen molar-refractivity contribution >= 4 is 81.4 Å². The summed E-state index contributed by atoms with van der Waals surface area (Å²) in [5.41, 5.74) is -1.09. The topological polar surface area (TPSA) is 58.2 Å². The van der Waals surface area contributed by atoms with Crippen molar-refractivity contribution in [1.29, 1.82) is 0 Å². The molecule has 0 radical (unpaired) electrons. The maximum Gasteiger partial charge on any atom is 0.225 e. The lowest BCUT2D eigenvalue weighted by molar-refractivity contribution is -0.129. The molecule has 0 aromatic rings. The summed E-state index contributed by atoms with van der Waals surface area (Å²) in [6, 6.07) is -0.819. The first-order valence-electron chi connectivity index (χ1n) is 9.25. The van der Waals surface area contributed by atoms with Crippen molar-refractivity contribution < 1.29 is 9.59 Å². The van der Waals surface area contributed by atoms with Crippen LogP contribution in [0.5, 0.6) is 0 Å². The van der Waals surface area contributed by atoms with Crippen LogP contribution in [0.4, 0.5) is 0 Å². The summed E-state index contributed by atoms with van der Waals surface area (Å²) in [7, 11) is 0. The first kappa shape index (κ1) is 25.7. The molecule has 0 aliphatic heterocycles. The van der Waals surface area contributed by atoms with Gasteiger partial charge in [0.25, 0.3) is 0 Å². The van der Waals surface area contributed by atoms with Crippen LogP contribution in [-0.4, -0.2) is 37.5 Å². The van der Waals surface area contributed by atoms with Crippen molar-refractivity contribution in [3.63, 3.8) is 0 Å². The number of carbonyl (C=O) groups is 2. The monoisotopic (exact) mass is 524 g/mol. The van der Waals surface area contributed by atoms with Crippen molar-refractivity contribution in [2.24, 2.45) is 11.3 Å². The zero-order valence-corrected chi connectivity index (χ0v) is 21.7. The van der Waals surface area contributed by atoms with E-state index in [1.807, 2.05) is 20.8 Å². The lowest BCUT2D eigenvalue weighted by Crippen LogP contribution is -2.56. The van der Waals surface area contributed by atoms with Gasteiger partial charge in [-0.25, -0.2) is 0 Å². The molecule has 2 rings (SSSR count). The maximum absolute atomic E-state index is 12.7. The van der Waals surface area contributed by atoms with E-state index in [1.165, 1.54) is 0 Å². The molecule has 2 aliphatic carbocycles. The Morgan fingerprint density at radius 3 is 1.86 bits per heavy atom. The van der Waals surface area contributed by atoms with E-state index in [0.29, 0.717) is 0 Å². The van der Waals surface area contributed by atoms with E-state index in [0.717, 1.165) is 0 Å². The lowest BCUT2D eigenvalue weighted by atomic mass is 9.83. The van der Waals surface area contributed by atoms with Crippen LogP contribution >= 0.6 is 69.6 Å². The Hall–Kier alpha value is 0.420. The molecule has 10 heteroatoms. The maximum atomic E-state index is 12.7. The summed E-state index contributed by atoms with van der Waals surface area (Å²) >= 11 is 39.9. The number of halogens is 6. The number of amides is 2. The molecule has 2 aliphatic rings. The molecule has 0 unspecified atom stereocenters. The van der Waals surface area contributed by atoms with Crippen molar-refractivity contribution in [3.05, 3.63) is 10.1 Å². The van der Waals surface area contributed by atoms with Crippen molar-refractivity contribution in [3.8, 4) is 0 Å². The summed E-state index contributed by atoms with van der Waals surface area (Å²) < 4.78 is -1.79. The molecule has 29 heavy (non-hydrogen) atoms. The number of nitrogens with one attached hydrogen (secondary N) is 2. The first-order chi connectivity index (χ1) is 12.8. The summed E-state index contributed by atoms with van der Waals surface area (Å²) in [6.45, 7) is 10.9. The molecule has 0 heterocycles. The van der Waals surface area contributed by atoms with Crippen LogP contribution in [0.25, 0.3) is 0 Å². The van der Waals surface area contributed by atoms with Gasteiger partial charge in [-0.1, -0.05) is 67.2 Å². The Balaban J connectivity index is 2.43. The number of rotatable bonds is 4. The summed E-state index contributed by atoms with van der Waals surface area (Å²) in [6.07, 6.45) is 0.369. The van der Waals surface area contributed by atoms with Gasteiger partial charge < -0.3 is 10.6 Å². The van der Waals surface area contributed by atoms with Gasteiger partial charge in [0.05, 0.1) is 16.1 Å². The second-order valence-electron chi connectivity index (χ2n) is 9.77. The fourth-order valence-electron chi connectivity index (χ4n) is 3.78. The van der Waals surface area contributed by atoms with Crippen LogP contribution in [0.2, 0.25) is 0 Å². The van der Waals surface area contributed by atoms with Crippen LogP contribution in [-0.2, 0) is 9.59 Å². The van der Waals surface area contributed by atoms with Gasteiger partial charge in [-0.3, -0.25) is 9.59 Å². The Labute approximate surface area is 202 Å². The van der Waals surface area contributed by atoms with E-state index < -0.39 is 31.5 Å². The van der Waals surface area contributed by atoms with Crippen LogP contribution < -0.4 is 10.6 Å². The Kier molecular flexibility index (Phi) is 6.89. The quantitative estimate of drug-likeness (QED) is 0.463. The highest BCUT2D eigenvalue weighted by Crippen LogP contribution is 2.74. The van der Waals surface area contributed by atoms with Gasteiger partial charge >= 0.3 is 0 Å². The number of allylic oxidation sites excluding steroid dienone is 1. The molecule has 1 fully saturated rings. The SMILES string of the molecule is CC(C)(C)NC(=O)CC[C@@H]1[C@H](NC(=O)C(C)(C)C)[C@]2(Cl)C(Cl)=C(Cl)[C@]1(Cl)C2(Cl)Cl. The predicted molar refractivity (Wildman–Crippen MR) is 122 cm³/mol. The highest BCUT2D eigenvalue weighted by molar-refractivity contribution is 6.66. The smallest absolute Gasteiger partial charge is 0.225 e. The molecule has 2 bridgehead atoms. The third kappa shape index (κ3) is 4.00. The fraction of sp³-hybridized carbons (Fsp3) is 0.789. The van der Waals surface area contributed by atoms with Crippen LogP contribution in [0, 0.1) is 11.3 Å². The average Bonchev–Trinajstić information content (AvgIpc) is 2.72. The van der Waals surface area contributed by atoms with E-state index >= 15 is 0 Å². The lowest BCUT2D eigenvalue weighted by Gasteiger charge is -2.38. The highest BCUT2D eigenvalue weighted by Gasteiger charge is 2.82. The van der Waals surface area contributed by atoms with Gasteiger partial charge in [0.2, 0.25) is 11.8 Å². The summed E-state index contributed by atoms with van der Waals surface area (Å²) in [4.78, 5) is 22.0. The van der Waals surface area contributed by atoms with E-state index in [4.69, 9.17) is 69.6 Å². The molecule has 0 saturated heterocycles. The van der Waals surface area contributed by atoms with Crippen LogP contribution in [0.15, 0.2) is 10.1 Å². The molecule has 4 atom stereocenters. The van der Waals surface area contributed by atoms with Gasteiger partial charge in [-0.15, -0.1) is 23.2 Å². The normalized spacial score (nSPS) is 33.8. The zero-order chi connectivity index (χ0) is 22.8. The number of hydrogen-bond acceptors (Lipinski definition) is 2. The van der Waals surface area contributed by atoms with E-state index in [2.05, 4.69) is 10.6 Å². The van der Waals surface area contributed by atoms with Gasteiger partial charge in [0, 0.05) is 23.3 Å². The predicted octanol–water partition coefficient (Wildman–Crippen LogP) is 5.67. The van der Waals surface area contributed by atoms with Gasteiger partial charge in [-0.2, -0.15) is 0 Å². The highest BCUT2D eigenvalue weighted by atomic mass is 35.5. The standard InChI is InChI=1S/C19H26Cl6N2O2/c1-15(2,3)14(29)26-13-9(7-8-10(28)27-16(4,5)6)17(22)11(20)12(21)18(13,23)19(17,24)25/h9,13H,7-8H2,1-6H3,(H,26,29)(H,27,28)/t9-,13+,17+,18-/m1/s1. The molecule has 0 aromatic heterocycles. The second kappa shape index (κ2) is 7.78. The number of hydrogen-bond donors (Lipinski definition) is 2. The van der Waals surface area contributed by atoms with E-state index in [9.17, 15) is 9.59 Å². The fourth-order valence-corrected chi connectivity index (χ4v) is 6.78. The van der Waals surface area contributed by atoms with Gasteiger partial charge in [-0.05, 0) is 27.2 Å². The zero-order valence-electron chi connectivity index (χ0n) is 17.2. The molecular weight excluding hydrogens is 501 g/mol. The van der Waals surface area contributed by atoms with E-state index in [1.54, 1.807) is 20.8 Å². The molecular formula is C19H26Cl6N2O2. The van der Waals surface area contributed by atoms with Crippen molar-refractivity contribution in [2.45, 2.75) is 80.0 Å². The molecule has 2 amide bonds. The minimum atomic E-state index is -1.79. The van der Waals surface area contributed by atoms with Crippen LogP contribution in [0.1, 0.15) is 54.4 Å². The summed E-state index contributed by atoms with van der Waals surface area (Å²) in [5.74, 6) is -1.07. The first-order valence-corrected chi connectivity index (χ1v) is 11.5. The second-order valence-corrected chi connectivity index (χ2v) is 13.0. The van der Waals surface area contributed by atoms with Gasteiger partial charge in [0.1, 0.15) is 9.75 Å². The number of alkyl halides is 4. The molecule has 166 valence electrons. The summed E-state index contributed by atoms with van der Waals surface area (Å²) in [5, 5.41) is 5.86. The number of carbonyl (C=O) groups excluding carboxylic acids is 2. The van der Waals surface area contributed by atoms with E-state index in [-0.39, 0.29) is 40.3 Å². The number of fused-ring (bicyclic) bond motifs is 2. The Morgan fingerprint density at radius 1 is 0.931 bits per heavy atom. The van der Waals surface area contributed by atoms with Crippen LogP contribution in [0.3, 0.4) is 0 Å². The molecule has 0 aromatic carbocycles. The Bertz CT molecular complexity index is 755. The Morgan fingerprint density at radius 2 is 1.41 bits per heavy atom. The third-order valence-electron chi connectivity index (χ3n) is 5.25. The average molecular weight is 527 g/mol. The molecule has 4 nitrogen and oxygen atoms in total. The van der Waals surface area contributed by atoms with Gasteiger partial charge in [0.15, 0.2) is 4.33 Å². The van der Waals surface area contributed by atoms with Crippen molar-refractivity contribution in [2.75, 3.05) is 0 Å². The minimum absolute atomic E-state index is 0.00966.